The first-order valence-electron chi connectivity index (χ1n) is 8.40. The van der Waals surface area contributed by atoms with E-state index in [2.05, 4.69) is 55.4 Å². The Balaban J connectivity index is 3.72. The second-order valence-corrected chi connectivity index (χ2v) is 8.18. The molecule has 0 heterocycles. The van der Waals surface area contributed by atoms with Crippen molar-refractivity contribution in [1.82, 2.24) is 0 Å². The zero-order valence-electron chi connectivity index (χ0n) is 15.9. The average molecular weight is 313 g/mol. The third kappa shape index (κ3) is 3.78. The van der Waals surface area contributed by atoms with Crippen molar-refractivity contribution in [2.45, 2.75) is 66.2 Å². The van der Waals surface area contributed by atoms with Crippen molar-refractivity contribution in [2.24, 2.45) is 11.8 Å². The van der Waals surface area contributed by atoms with Crippen LogP contribution in [-0.2, 0) is 10.8 Å². The topological polar surface area (TPSA) is 44.0 Å². The van der Waals surface area contributed by atoms with Gasteiger partial charge in [0, 0.05) is 17.2 Å². The predicted octanol–water partition coefficient (Wildman–Crippen LogP) is 5.80. The van der Waals surface area contributed by atoms with E-state index in [9.17, 15) is 5.11 Å². The van der Waals surface area contributed by atoms with Crippen molar-refractivity contribution in [3.8, 4) is 11.8 Å². The normalized spacial score (nSPS) is 13.1. The molecule has 126 valence electrons. The average Bonchev–Trinajstić information content (AvgIpc) is 2.45. The van der Waals surface area contributed by atoms with Crippen LogP contribution in [0.1, 0.15) is 72.1 Å². The molecule has 0 aliphatic rings. The van der Waals surface area contributed by atoms with Crippen molar-refractivity contribution in [3.05, 3.63) is 34.9 Å². The van der Waals surface area contributed by atoms with E-state index in [0.717, 1.165) is 16.7 Å². The molecule has 0 unspecified atom stereocenters. The van der Waals surface area contributed by atoms with Crippen LogP contribution >= 0.6 is 0 Å². The van der Waals surface area contributed by atoms with Gasteiger partial charge in [0.05, 0.1) is 6.07 Å². The summed E-state index contributed by atoms with van der Waals surface area (Å²) in [7, 11) is 0. The van der Waals surface area contributed by atoms with E-state index < -0.39 is 0 Å². The molecule has 23 heavy (non-hydrogen) atoms. The molecular formula is C21H31NO. The van der Waals surface area contributed by atoms with Crippen molar-refractivity contribution in [3.63, 3.8) is 0 Å². The van der Waals surface area contributed by atoms with Crippen LogP contribution < -0.4 is 0 Å². The minimum absolute atomic E-state index is 0.150. The van der Waals surface area contributed by atoms with Gasteiger partial charge < -0.3 is 5.11 Å². The minimum atomic E-state index is -0.150. The maximum Gasteiger partial charge on any atom is 0.123 e. The van der Waals surface area contributed by atoms with E-state index >= 15 is 0 Å². The van der Waals surface area contributed by atoms with E-state index in [4.69, 9.17) is 5.26 Å². The van der Waals surface area contributed by atoms with Crippen LogP contribution in [0.5, 0.6) is 5.75 Å². The molecule has 0 spiro atoms. The molecule has 0 aromatic heterocycles. The second kappa shape index (κ2) is 6.79. The molecule has 2 heteroatoms. The minimum Gasteiger partial charge on any atom is -0.507 e. The number of benzene rings is 1. The number of aromatic hydroxyl groups is 1. The molecule has 0 saturated heterocycles. The summed E-state index contributed by atoms with van der Waals surface area (Å²) in [6.07, 6.45) is 3.31. The van der Waals surface area contributed by atoms with Crippen LogP contribution in [0.3, 0.4) is 0 Å². The Morgan fingerprint density at radius 3 is 1.65 bits per heavy atom. The predicted molar refractivity (Wildman–Crippen MR) is 98.5 cm³/mol. The summed E-state index contributed by atoms with van der Waals surface area (Å²) in [5.41, 5.74) is 2.58. The first kappa shape index (κ1) is 19.3. The van der Waals surface area contributed by atoms with Gasteiger partial charge in [-0.3, -0.25) is 0 Å². The first-order valence-corrected chi connectivity index (χ1v) is 8.40. The highest BCUT2D eigenvalue weighted by Crippen LogP contribution is 2.45. The van der Waals surface area contributed by atoms with Crippen LogP contribution in [0, 0.1) is 23.2 Å². The highest BCUT2D eigenvalue weighted by Gasteiger charge is 2.34. The number of hydrogen-bond donors (Lipinski definition) is 1. The van der Waals surface area contributed by atoms with Gasteiger partial charge in [0.1, 0.15) is 5.75 Å². The fourth-order valence-electron chi connectivity index (χ4n) is 2.49. The molecule has 0 fully saturated rings. The van der Waals surface area contributed by atoms with E-state index in [1.165, 1.54) is 6.08 Å². The number of hydrogen-bond acceptors (Lipinski definition) is 2. The standard InChI is InChI=1S/C21H31NO/c1-14(2)20(5,6)17-12-16(10-9-11-22)13-18(19(17)23)21(7,8)15(3)4/h9-10,12-15,23H,1-8H3/b10-9+. The van der Waals surface area contributed by atoms with Gasteiger partial charge in [0.15, 0.2) is 0 Å². The fraction of sp³-hybridized carbons (Fsp3) is 0.571. The highest BCUT2D eigenvalue weighted by atomic mass is 16.3. The number of nitrogens with zero attached hydrogens (tertiary/aromatic N) is 1. The smallest absolute Gasteiger partial charge is 0.123 e. The van der Waals surface area contributed by atoms with Crippen molar-refractivity contribution in [2.75, 3.05) is 0 Å². The molecule has 0 amide bonds. The summed E-state index contributed by atoms with van der Waals surface area (Å²) in [6, 6.07) is 6.08. The highest BCUT2D eigenvalue weighted by molar-refractivity contribution is 5.60. The van der Waals surface area contributed by atoms with Crippen LogP contribution in [-0.4, -0.2) is 5.11 Å². The number of rotatable bonds is 5. The van der Waals surface area contributed by atoms with Gasteiger partial charge in [-0.25, -0.2) is 0 Å². The molecule has 0 aliphatic heterocycles. The molecule has 1 rings (SSSR count). The molecule has 0 radical (unpaired) electrons. The molecule has 1 N–H and O–H groups in total. The van der Waals surface area contributed by atoms with Gasteiger partial charge in [-0.15, -0.1) is 0 Å². The lowest BCUT2D eigenvalue weighted by atomic mass is 9.69. The summed E-state index contributed by atoms with van der Waals surface area (Å²) in [5, 5.41) is 19.8. The van der Waals surface area contributed by atoms with Gasteiger partial charge in [-0.1, -0.05) is 55.4 Å². The number of phenols is 1. The van der Waals surface area contributed by atoms with Gasteiger partial charge in [-0.2, -0.15) is 5.26 Å². The summed E-state index contributed by atoms with van der Waals surface area (Å²) in [4.78, 5) is 0. The largest absolute Gasteiger partial charge is 0.507 e. The Hall–Kier alpha value is -1.75. The zero-order chi connectivity index (χ0) is 18.0. The Morgan fingerprint density at radius 2 is 1.35 bits per heavy atom. The van der Waals surface area contributed by atoms with Crippen molar-refractivity contribution >= 4 is 6.08 Å². The first-order chi connectivity index (χ1) is 10.5. The summed E-state index contributed by atoms with van der Waals surface area (Å²) in [5.74, 6) is 1.17. The van der Waals surface area contributed by atoms with Crippen molar-refractivity contribution in [1.29, 1.82) is 5.26 Å². The zero-order valence-corrected chi connectivity index (χ0v) is 15.9. The van der Waals surface area contributed by atoms with Crippen LogP contribution in [0.2, 0.25) is 0 Å². The van der Waals surface area contributed by atoms with E-state index in [1.54, 1.807) is 0 Å². The van der Waals surface area contributed by atoms with E-state index in [-0.39, 0.29) is 10.8 Å². The summed E-state index contributed by atoms with van der Waals surface area (Å²) >= 11 is 0. The Bertz CT molecular complexity index is 587. The maximum atomic E-state index is 11.0. The molecule has 0 atom stereocenters. The van der Waals surface area contributed by atoms with E-state index in [1.807, 2.05) is 24.3 Å². The summed E-state index contributed by atoms with van der Waals surface area (Å²) < 4.78 is 0. The lowest BCUT2D eigenvalue weighted by Gasteiger charge is -2.36. The third-order valence-corrected chi connectivity index (χ3v) is 5.76. The maximum absolute atomic E-state index is 11.0. The van der Waals surface area contributed by atoms with Crippen molar-refractivity contribution < 1.29 is 5.11 Å². The lowest BCUT2D eigenvalue weighted by molar-refractivity contribution is 0.328. The van der Waals surface area contributed by atoms with Gasteiger partial charge in [0.2, 0.25) is 0 Å². The molecule has 1 aromatic rings. The molecule has 1 aromatic carbocycles. The molecule has 2 nitrogen and oxygen atoms in total. The lowest BCUT2D eigenvalue weighted by Crippen LogP contribution is -2.28. The SMILES string of the molecule is CC(C)C(C)(C)c1cc(/C=C/C#N)cc(C(C)(C)C(C)C)c1O. The van der Waals surface area contributed by atoms with Gasteiger partial charge in [0.25, 0.3) is 0 Å². The Morgan fingerprint density at radius 1 is 0.957 bits per heavy atom. The molecule has 0 bridgehead atoms. The van der Waals surface area contributed by atoms with E-state index in [0.29, 0.717) is 17.6 Å². The second-order valence-electron chi connectivity index (χ2n) is 8.18. The number of phenolic OH excluding ortho intramolecular Hbond substituents is 1. The number of nitriles is 1. The van der Waals surface area contributed by atoms with Crippen LogP contribution in [0.4, 0.5) is 0 Å². The quantitative estimate of drug-likeness (QED) is 0.698. The monoisotopic (exact) mass is 313 g/mol. The molecular weight excluding hydrogens is 282 g/mol. The van der Waals surface area contributed by atoms with Gasteiger partial charge >= 0.3 is 0 Å². The van der Waals surface area contributed by atoms with Crippen LogP contribution in [0.25, 0.3) is 6.08 Å². The molecule has 0 saturated carbocycles. The Kier molecular flexibility index (Phi) is 5.69. The fourth-order valence-corrected chi connectivity index (χ4v) is 2.49. The summed E-state index contributed by atoms with van der Waals surface area (Å²) in [6.45, 7) is 17.3. The van der Waals surface area contributed by atoms with Crippen LogP contribution in [0.15, 0.2) is 18.2 Å². The molecule has 0 aliphatic carbocycles. The Labute approximate surface area is 141 Å². The van der Waals surface area contributed by atoms with Gasteiger partial charge in [-0.05, 0) is 46.4 Å². The third-order valence-electron chi connectivity index (χ3n) is 5.76. The number of allylic oxidation sites excluding steroid dienone is 1.